The normalized spacial score (nSPS) is 39.1. The summed E-state index contributed by atoms with van der Waals surface area (Å²) in [5.74, 6) is 1.22. The monoisotopic (exact) mass is 200 g/mol. The van der Waals surface area contributed by atoms with Crippen molar-refractivity contribution >= 4 is 0 Å². The number of halogens is 2. The Balaban J connectivity index is 2.05. The molecule has 0 heterocycles. The first-order chi connectivity index (χ1) is 6.69. The Labute approximate surface area is 84.4 Å². The second-order valence-corrected chi connectivity index (χ2v) is 4.98. The third-order valence-electron chi connectivity index (χ3n) is 3.60. The molecule has 1 fully saturated rings. The van der Waals surface area contributed by atoms with Crippen LogP contribution >= 0.6 is 0 Å². The lowest BCUT2D eigenvalue weighted by atomic mass is 9.69. The molecule has 80 valence electrons. The Morgan fingerprint density at radius 1 is 1.43 bits per heavy atom. The van der Waals surface area contributed by atoms with Gasteiger partial charge in [0, 0.05) is 0 Å². The fourth-order valence-corrected chi connectivity index (χ4v) is 3.10. The minimum Gasteiger partial charge on any atom is -0.248 e. The van der Waals surface area contributed by atoms with Crippen molar-refractivity contribution in [2.45, 2.75) is 38.8 Å². The molecule has 2 aliphatic carbocycles. The summed E-state index contributed by atoms with van der Waals surface area (Å²) < 4.78 is 25.4. The zero-order valence-electron chi connectivity index (χ0n) is 8.68. The molecule has 0 nitrogen and oxygen atoms in total. The molecule has 2 bridgehead atoms. The molecule has 14 heavy (non-hydrogen) atoms. The number of hydrogen-bond acceptors (Lipinski definition) is 0. The van der Waals surface area contributed by atoms with Crippen molar-refractivity contribution in [2.24, 2.45) is 17.8 Å². The molecule has 0 aromatic heterocycles. The van der Waals surface area contributed by atoms with Crippen molar-refractivity contribution in [3.63, 3.8) is 0 Å². The molecule has 2 heteroatoms. The minimum absolute atomic E-state index is 0.0440. The molecular weight excluding hydrogens is 182 g/mol. The van der Waals surface area contributed by atoms with E-state index in [1.54, 1.807) is 0 Å². The molecule has 1 saturated carbocycles. The highest BCUT2D eigenvalue weighted by atomic mass is 19.2. The molecule has 0 spiro atoms. The quantitative estimate of drug-likeness (QED) is 0.596. The van der Waals surface area contributed by atoms with Crippen LogP contribution in [-0.4, -0.2) is 12.8 Å². The fraction of sp³-hybridized carbons (Fsp3) is 0.833. The third-order valence-corrected chi connectivity index (χ3v) is 3.60. The average molecular weight is 200 g/mol. The smallest absolute Gasteiger partial charge is 0.131 e. The molecule has 0 aromatic carbocycles. The van der Waals surface area contributed by atoms with E-state index < -0.39 is 12.8 Å². The van der Waals surface area contributed by atoms with Crippen molar-refractivity contribution in [1.29, 1.82) is 0 Å². The molecule has 2 aliphatic rings. The zero-order valence-corrected chi connectivity index (χ0v) is 8.68. The maximum Gasteiger partial charge on any atom is 0.131 e. The van der Waals surface area contributed by atoms with Crippen LogP contribution in [0.1, 0.15) is 32.6 Å². The first-order valence-electron chi connectivity index (χ1n) is 5.58. The Morgan fingerprint density at radius 2 is 2.21 bits per heavy atom. The third kappa shape index (κ3) is 1.99. The average Bonchev–Trinajstić information content (AvgIpc) is 2.14. The molecule has 4 unspecified atom stereocenters. The highest BCUT2D eigenvalue weighted by Crippen LogP contribution is 2.42. The van der Waals surface area contributed by atoms with Gasteiger partial charge in [-0.15, -0.1) is 0 Å². The fourth-order valence-electron chi connectivity index (χ4n) is 3.10. The van der Waals surface area contributed by atoms with E-state index in [0.717, 1.165) is 19.3 Å². The Bertz CT molecular complexity index is 234. The van der Waals surface area contributed by atoms with Crippen molar-refractivity contribution in [1.82, 2.24) is 0 Å². The van der Waals surface area contributed by atoms with E-state index in [1.165, 1.54) is 12.0 Å². The van der Waals surface area contributed by atoms with Gasteiger partial charge in [0.2, 0.25) is 0 Å². The number of allylic oxidation sites excluding steroid dienone is 2. The van der Waals surface area contributed by atoms with Gasteiger partial charge < -0.3 is 0 Å². The molecule has 0 radical (unpaired) electrons. The SMILES string of the molecule is CC1C=C2CC(C1)CC(C(F)CF)C2. The van der Waals surface area contributed by atoms with E-state index in [1.807, 2.05) is 0 Å². The topological polar surface area (TPSA) is 0 Å². The second kappa shape index (κ2) is 4.00. The number of rotatable bonds is 2. The molecule has 2 rings (SSSR count). The van der Waals surface area contributed by atoms with Crippen LogP contribution in [0.25, 0.3) is 0 Å². The van der Waals surface area contributed by atoms with Crippen LogP contribution in [0.15, 0.2) is 11.6 Å². The van der Waals surface area contributed by atoms with Gasteiger partial charge in [-0.2, -0.15) is 0 Å². The molecular formula is C12H18F2. The van der Waals surface area contributed by atoms with Gasteiger partial charge in [-0.3, -0.25) is 0 Å². The van der Waals surface area contributed by atoms with E-state index in [-0.39, 0.29) is 5.92 Å². The molecule has 0 N–H and O–H groups in total. The van der Waals surface area contributed by atoms with Crippen molar-refractivity contribution in [3.8, 4) is 0 Å². The highest BCUT2D eigenvalue weighted by Gasteiger charge is 2.33. The van der Waals surface area contributed by atoms with Gasteiger partial charge in [-0.05, 0) is 43.4 Å². The number of alkyl halides is 2. The minimum atomic E-state index is -1.23. The van der Waals surface area contributed by atoms with E-state index in [0.29, 0.717) is 11.8 Å². The summed E-state index contributed by atoms with van der Waals surface area (Å²) in [4.78, 5) is 0. The highest BCUT2D eigenvalue weighted by molar-refractivity contribution is 5.13. The van der Waals surface area contributed by atoms with Gasteiger partial charge in [0.1, 0.15) is 12.8 Å². The molecule has 0 saturated heterocycles. The summed E-state index contributed by atoms with van der Waals surface area (Å²) in [6, 6.07) is 0. The first kappa shape index (κ1) is 10.1. The summed E-state index contributed by atoms with van der Waals surface area (Å²) in [7, 11) is 0. The van der Waals surface area contributed by atoms with Crippen LogP contribution in [0.4, 0.5) is 8.78 Å². The Morgan fingerprint density at radius 3 is 2.86 bits per heavy atom. The summed E-state index contributed by atoms with van der Waals surface area (Å²) in [6.07, 6.45) is 5.04. The van der Waals surface area contributed by atoms with Crippen LogP contribution < -0.4 is 0 Å². The van der Waals surface area contributed by atoms with Gasteiger partial charge in [0.05, 0.1) is 0 Å². The zero-order chi connectivity index (χ0) is 10.1. The lowest BCUT2D eigenvalue weighted by Gasteiger charge is -2.37. The van der Waals surface area contributed by atoms with Crippen LogP contribution in [0, 0.1) is 17.8 Å². The number of hydrogen-bond donors (Lipinski definition) is 0. The van der Waals surface area contributed by atoms with E-state index in [9.17, 15) is 8.78 Å². The predicted molar refractivity (Wildman–Crippen MR) is 53.6 cm³/mol. The Kier molecular flexibility index (Phi) is 2.89. The largest absolute Gasteiger partial charge is 0.248 e. The van der Waals surface area contributed by atoms with Crippen molar-refractivity contribution in [2.75, 3.05) is 6.67 Å². The van der Waals surface area contributed by atoms with Gasteiger partial charge in [-0.25, -0.2) is 8.78 Å². The van der Waals surface area contributed by atoms with Crippen LogP contribution in [0.2, 0.25) is 0 Å². The molecule has 0 aliphatic heterocycles. The summed E-state index contributed by atoms with van der Waals surface area (Å²) in [5, 5.41) is 0. The van der Waals surface area contributed by atoms with Crippen LogP contribution in [0.3, 0.4) is 0 Å². The standard InChI is InChI=1S/C12H18F2/c1-8-2-9-4-10(3-8)6-11(5-9)12(14)7-13/h2,8,10-12H,3-7H2,1H3. The van der Waals surface area contributed by atoms with Crippen molar-refractivity contribution < 1.29 is 8.78 Å². The first-order valence-corrected chi connectivity index (χ1v) is 5.58. The van der Waals surface area contributed by atoms with Crippen LogP contribution in [-0.2, 0) is 0 Å². The lowest BCUT2D eigenvalue weighted by Crippen LogP contribution is -2.29. The maximum atomic E-state index is 13.2. The summed E-state index contributed by atoms with van der Waals surface area (Å²) >= 11 is 0. The number of fused-ring (bicyclic) bond motifs is 2. The predicted octanol–water partition coefficient (Wildman–Crippen LogP) is 3.68. The summed E-state index contributed by atoms with van der Waals surface area (Å²) in [6.45, 7) is 1.41. The van der Waals surface area contributed by atoms with Crippen molar-refractivity contribution in [3.05, 3.63) is 11.6 Å². The maximum absolute atomic E-state index is 13.2. The second-order valence-electron chi connectivity index (χ2n) is 4.98. The van der Waals surface area contributed by atoms with Gasteiger partial charge >= 0.3 is 0 Å². The summed E-state index contributed by atoms with van der Waals surface area (Å²) in [5.41, 5.74) is 1.38. The van der Waals surface area contributed by atoms with Crippen LogP contribution in [0.5, 0.6) is 0 Å². The van der Waals surface area contributed by atoms with E-state index in [2.05, 4.69) is 13.0 Å². The molecule has 0 amide bonds. The van der Waals surface area contributed by atoms with E-state index >= 15 is 0 Å². The van der Waals surface area contributed by atoms with Gasteiger partial charge in [0.25, 0.3) is 0 Å². The lowest BCUT2D eigenvalue weighted by molar-refractivity contribution is 0.132. The van der Waals surface area contributed by atoms with Gasteiger partial charge in [0.15, 0.2) is 0 Å². The molecule has 0 aromatic rings. The molecule has 4 atom stereocenters. The van der Waals surface area contributed by atoms with E-state index in [4.69, 9.17) is 0 Å². The van der Waals surface area contributed by atoms with Gasteiger partial charge in [-0.1, -0.05) is 18.6 Å². The Hall–Kier alpha value is -0.400.